The summed E-state index contributed by atoms with van der Waals surface area (Å²) < 4.78 is 10.7. The van der Waals surface area contributed by atoms with Crippen LogP contribution in [0.2, 0.25) is 0 Å². The van der Waals surface area contributed by atoms with Crippen molar-refractivity contribution in [1.29, 1.82) is 0 Å². The molecule has 6 heteroatoms. The molecule has 2 aromatic rings. The van der Waals surface area contributed by atoms with E-state index in [0.29, 0.717) is 11.6 Å². The molecule has 2 heterocycles. The maximum Gasteiger partial charge on any atom is 0.274 e. The maximum absolute atomic E-state index is 12.7. The van der Waals surface area contributed by atoms with Crippen LogP contribution < -0.4 is 9.47 Å². The summed E-state index contributed by atoms with van der Waals surface area (Å²) in [6.45, 7) is 5.30. The lowest BCUT2D eigenvalue weighted by Gasteiger charge is -2.16. The molecule has 6 nitrogen and oxygen atoms in total. The number of imidazole rings is 1. The van der Waals surface area contributed by atoms with Crippen LogP contribution in [0.5, 0.6) is 11.5 Å². The minimum atomic E-state index is 0.0247. The minimum Gasteiger partial charge on any atom is -0.493 e. The van der Waals surface area contributed by atoms with E-state index in [1.807, 2.05) is 30.9 Å². The van der Waals surface area contributed by atoms with E-state index in [1.54, 1.807) is 14.2 Å². The number of rotatable bonds is 5. The summed E-state index contributed by atoms with van der Waals surface area (Å²) in [6.07, 6.45) is 1.92. The van der Waals surface area contributed by atoms with Gasteiger partial charge in [-0.05, 0) is 50.3 Å². The van der Waals surface area contributed by atoms with E-state index in [2.05, 4.69) is 16.0 Å². The number of hydrogen-bond donors (Lipinski definition) is 1. The SMILES string of the molecule is COc1ccc(CC2CCN(C(=O)c3nc(C)[nH]c3C)C2)cc1OC. The molecule has 1 aromatic carbocycles. The third-order valence-corrected chi connectivity index (χ3v) is 4.75. The van der Waals surface area contributed by atoms with Crippen molar-refractivity contribution in [2.45, 2.75) is 26.7 Å². The summed E-state index contributed by atoms with van der Waals surface area (Å²) >= 11 is 0. The van der Waals surface area contributed by atoms with Crippen LogP contribution in [0.15, 0.2) is 18.2 Å². The third-order valence-electron chi connectivity index (χ3n) is 4.75. The Kier molecular flexibility index (Phi) is 4.97. The molecule has 1 aromatic heterocycles. The Morgan fingerprint density at radius 1 is 1.28 bits per heavy atom. The van der Waals surface area contributed by atoms with E-state index in [1.165, 1.54) is 5.56 Å². The second kappa shape index (κ2) is 7.17. The largest absolute Gasteiger partial charge is 0.493 e. The van der Waals surface area contributed by atoms with Crippen LogP contribution in [0.25, 0.3) is 0 Å². The highest BCUT2D eigenvalue weighted by atomic mass is 16.5. The highest BCUT2D eigenvalue weighted by Gasteiger charge is 2.29. The van der Waals surface area contributed by atoms with E-state index >= 15 is 0 Å². The van der Waals surface area contributed by atoms with Crippen LogP contribution >= 0.6 is 0 Å². The molecule has 1 aliphatic heterocycles. The van der Waals surface area contributed by atoms with Gasteiger partial charge in [0.25, 0.3) is 5.91 Å². The zero-order chi connectivity index (χ0) is 18.0. The number of ether oxygens (including phenoxy) is 2. The van der Waals surface area contributed by atoms with Gasteiger partial charge in [0.15, 0.2) is 11.5 Å². The summed E-state index contributed by atoms with van der Waals surface area (Å²) in [4.78, 5) is 22.0. The van der Waals surface area contributed by atoms with Crippen molar-refractivity contribution in [1.82, 2.24) is 14.9 Å². The van der Waals surface area contributed by atoms with Crippen molar-refractivity contribution in [3.05, 3.63) is 41.0 Å². The van der Waals surface area contributed by atoms with Gasteiger partial charge < -0.3 is 19.4 Å². The fourth-order valence-electron chi connectivity index (χ4n) is 3.49. The van der Waals surface area contributed by atoms with Gasteiger partial charge >= 0.3 is 0 Å². The summed E-state index contributed by atoms with van der Waals surface area (Å²) in [5, 5.41) is 0. The molecule has 0 spiro atoms. The zero-order valence-electron chi connectivity index (χ0n) is 15.3. The van der Waals surface area contributed by atoms with Crippen molar-refractivity contribution in [2.75, 3.05) is 27.3 Å². The van der Waals surface area contributed by atoms with Crippen molar-refractivity contribution in [3.8, 4) is 11.5 Å². The molecule has 1 unspecified atom stereocenters. The third kappa shape index (κ3) is 3.62. The fraction of sp³-hybridized carbons (Fsp3) is 0.474. The number of hydrogen-bond acceptors (Lipinski definition) is 4. The monoisotopic (exact) mass is 343 g/mol. The number of likely N-dealkylation sites (tertiary alicyclic amines) is 1. The van der Waals surface area contributed by atoms with Gasteiger partial charge in [-0.1, -0.05) is 6.07 Å². The number of aryl methyl sites for hydroxylation is 2. The number of carbonyl (C=O) groups excluding carboxylic acids is 1. The molecule has 0 saturated carbocycles. The smallest absolute Gasteiger partial charge is 0.274 e. The van der Waals surface area contributed by atoms with E-state index in [-0.39, 0.29) is 5.91 Å². The van der Waals surface area contributed by atoms with Crippen molar-refractivity contribution < 1.29 is 14.3 Å². The molecule has 1 saturated heterocycles. The Hall–Kier alpha value is -2.50. The molecule has 25 heavy (non-hydrogen) atoms. The van der Waals surface area contributed by atoms with Gasteiger partial charge in [0.2, 0.25) is 0 Å². The summed E-state index contributed by atoms with van der Waals surface area (Å²) in [5.74, 6) is 2.73. The van der Waals surface area contributed by atoms with Gasteiger partial charge in [0.05, 0.1) is 14.2 Å². The Labute approximate surface area is 148 Å². The number of nitrogens with one attached hydrogen (secondary N) is 1. The molecule has 1 aliphatic rings. The molecule has 1 amide bonds. The average Bonchev–Trinajstić information content (AvgIpc) is 3.20. The average molecular weight is 343 g/mol. The molecule has 1 fully saturated rings. The van der Waals surface area contributed by atoms with Crippen molar-refractivity contribution in [2.24, 2.45) is 5.92 Å². The van der Waals surface area contributed by atoms with Gasteiger partial charge in [0, 0.05) is 18.8 Å². The number of benzene rings is 1. The number of methoxy groups -OCH3 is 2. The number of carbonyl (C=O) groups is 1. The molecule has 134 valence electrons. The van der Waals surface area contributed by atoms with Crippen LogP contribution in [-0.2, 0) is 6.42 Å². The minimum absolute atomic E-state index is 0.0247. The Bertz CT molecular complexity index is 769. The number of aromatic amines is 1. The lowest BCUT2D eigenvalue weighted by molar-refractivity contribution is 0.0781. The topological polar surface area (TPSA) is 67.5 Å². The zero-order valence-corrected chi connectivity index (χ0v) is 15.3. The second-order valence-electron chi connectivity index (χ2n) is 6.60. The summed E-state index contributed by atoms with van der Waals surface area (Å²) in [7, 11) is 3.28. The number of H-pyrrole nitrogens is 1. The maximum atomic E-state index is 12.7. The Morgan fingerprint density at radius 2 is 2.04 bits per heavy atom. The van der Waals surface area contributed by atoms with E-state index < -0.39 is 0 Å². The summed E-state index contributed by atoms with van der Waals surface area (Å²) in [6, 6.07) is 6.01. The summed E-state index contributed by atoms with van der Waals surface area (Å²) in [5.41, 5.74) is 2.58. The van der Waals surface area contributed by atoms with Crippen LogP contribution in [0.1, 0.15) is 34.0 Å². The molecule has 1 atom stereocenters. The quantitative estimate of drug-likeness (QED) is 0.906. The van der Waals surface area contributed by atoms with Crippen molar-refractivity contribution in [3.63, 3.8) is 0 Å². The number of amides is 1. The molecular formula is C19H25N3O3. The first-order valence-electron chi connectivity index (χ1n) is 8.55. The van der Waals surface area contributed by atoms with Crippen LogP contribution in [0, 0.1) is 19.8 Å². The molecule has 1 N–H and O–H groups in total. The highest BCUT2D eigenvalue weighted by molar-refractivity contribution is 5.93. The van der Waals surface area contributed by atoms with Gasteiger partial charge in [-0.15, -0.1) is 0 Å². The van der Waals surface area contributed by atoms with Crippen LogP contribution in [-0.4, -0.2) is 48.1 Å². The number of nitrogens with zero attached hydrogens (tertiary/aromatic N) is 2. The molecule has 0 bridgehead atoms. The molecule has 0 radical (unpaired) electrons. The predicted molar refractivity (Wildman–Crippen MR) is 95.3 cm³/mol. The van der Waals surface area contributed by atoms with Gasteiger partial charge in [-0.25, -0.2) is 4.98 Å². The second-order valence-corrected chi connectivity index (χ2v) is 6.60. The van der Waals surface area contributed by atoms with Crippen molar-refractivity contribution >= 4 is 5.91 Å². The van der Waals surface area contributed by atoms with Crippen LogP contribution in [0.3, 0.4) is 0 Å². The predicted octanol–water partition coefficient (Wildman–Crippen LogP) is 2.75. The lowest BCUT2D eigenvalue weighted by atomic mass is 9.98. The van der Waals surface area contributed by atoms with Gasteiger partial charge in [-0.2, -0.15) is 0 Å². The first-order valence-corrected chi connectivity index (χ1v) is 8.55. The molecular weight excluding hydrogens is 318 g/mol. The van der Waals surface area contributed by atoms with Crippen LogP contribution in [0.4, 0.5) is 0 Å². The normalized spacial score (nSPS) is 17.0. The first-order chi connectivity index (χ1) is 12.0. The van der Waals surface area contributed by atoms with E-state index in [4.69, 9.17) is 9.47 Å². The standard InChI is InChI=1S/C19H25N3O3/c1-12-18(21-13(2)20-12)19(23)22-8-7-15(11-22)9-14-5-6-16(24-3)17(10-14)25-4/h5-6,10,15H,7-9,11H2,1-4H3,(H,20,21). The lowest BCUT2D eigenvalue weighted by Crippen LogP contribution is -2.29. The fourth-order valence-corrected chi connectivity index (χ4v) is 3.49. The Morgan fingerprint density at radius 3 is 2.68 bits per heavy atom. The number of aromatic nitrogens is 2. The van der Waals surface area contributed by atoms with E-state index in [0.717, 1.165) is 48.9 Å². The van der Waals surface area contributed by atoms with Gasteiger partial charge in [0.1, 0.15) is 11.5 Å². The van der Waals surface area contributed by atoms with Gasteiger partial charge in [-0.3, -0.25) is 4.79 Å². The Balaban J connectivity index is 1.65. The highest BCUT2D eigenvalue weighted by Crippen LogP contribution is 2.30. The van der Waals surface area contributed by atoms with E-state index in [9.17, 15) is 4.79 Å². The first kappa shape index (κ1) is 17.3. The molecule has 3 rings (SSSR count). The molecule has 0 aliphatic carbocycles.